The van der Waals surface area contributed by atoms with E-state index >= 15 is 0 Å². The highest BCUT2D eigenvalue weighted by atomic mass is 16.3. The van der Waals surface area contributed by atoms with Crippen molar-refractivity contribution in [3.05, 3.63) is 40.8 Å². The third-order valence-electron chi connectivity index (χ3n) is 1.61. The zero-order chi connectivity index (χ0) is 8.97. The monoisotopic (exact) mass is 163 g/mol. The third kappa shape index (κ3) is 1.75. The first kappa shape index (κ1) is 8.59. The highest BCUT2D eigenvalue weighted by Crippen LogP contribution is 2.16. The molecule has 1 rings (SSSR count). The number of benzene rings is 1. The van der Waals surface area contributed by atoms with Gasteiger partial charge in [-0.15, -0.1) is 4.91 Å². The molecule has 0 heterocycles. The molecule has 0 bridgehead atoms. The topological polar surface area (TPSA) is 46.5 Å². The first-order valence-electron chi connectivity index (χ1n) is 3.63. The quantitative estimate of drug-likeness (QED) is 0.640. The predicted molar refractivity (Wildman–Crippen MR) is 45.7 cm³/mol. The summed E-state index contributed by atoms with van der Waals surface area (Å²) >= 11 is 0. The van der Waals surface area contributed by atoms with Crippen LogP contribution in [0.3, 0.4) is 0 Å². The third-order valence-corrected chi connectivity index (χ3v) is 1.61. The van der Waals surface area contributed by atoms with Crippen molar-refractivity contribution in [2.75, 3.05) is 0 Å². The summed E-state index contributed by atoms with van der Waals surface area (Å²) < 4.78 is 0. The molecule has 0 saturated heterocycles. The van der Waals surface area contributed by atoms with Crippen LogP contribution < -0.4 is 0 Å². The SMILES string of the molecule is CC(=O)C(N=O)c1ccccc1. The molecule has 1 aromatic carbocycles. The van der Waals surface area contributed by atoms with Gasteiger partial charge in [-0.05, 0) is 12.5 Å². The summed E-state index contributed by atoms with van der Waals surface area (Å²) in [5.74, 6) is -0.226. The van der Waals surface area contributed by atoms with Gasteiger partial charge in [-0.3, -0.25) is 4.79 Å². The molecule has 0 aliphatic heterocycles. The summed E-state index contributed by atoms with van der Waals surface area (Å²) in [5, 5.41) is 2.76. The van der Waals surface area contributed by atoms with Crippen molar-refractivity contribution in [3.8, 4) is 0 Å². The van der Waals surface area contributed by atoms with Crippen LogP contribution in [-0.2, 0) is 4.79 Å². The van der Waals surface area contributed by atoms with E-state index in [9.17, 15) is 9.70 Å². The minimum absolute atomic E-state index is 0.226. The summed E-state index contributed by atoms with van der Waals surface area (Å²) in [7, 11) is 0. The van der Waals surface area contributed by atoms with Crippen LogP contribution in [0.4, 0.5) is 0 Å². The van der Waals surface area contributed by atoms with E-state index in [4.69, 9.17) is 0 Å². The molecule has 0 aliphatic carbocycles. The van der Waals surface area contributed by atoms with E-state index in [0.29, 0.717) is 5.56 Å². The van der Waals surface area contributed by atoms with E-state index in [1.807, 2.05) is 6.07 Å². The van der Waals surface area contributed by atoms with Crippen LogP contribution in [0.2, 0.25) is 0 Å². The lowest BCUT2D eigenvalue weighted by Crippen LogP contribution is -2.04. The van der Waals surface area contributed by atoms with Crippen LogP contribution in [0, 0.1) is 4.91 Å². The summed E-state index contributed by atoms with van der Waals surface area (Å²) in [6.07, 6.45) is 0. The fourth-order valence-corrected chi connectivity index (χ4v) is 1.01. The van der Waals surface area contributed by atoms with Crippen LogP contribution in [0.1, 0.15) is 18.5 Å². The number of hydrogen-bond acceptors (Lipinski definition) is 3. The van der Waals surface area contributed by atoms with E-state index in [2.05, 4.69) is 5.18 Å². The Balaban J connectivity index is 2.95. The average Bonchev–Trinajstić information content (AvgIpc) is 2.07. The number of ketones is 1. The van der Waals surface area contributed by atoms with Gasteiger partial charge in [-0.2, -0.15) is 0 Å². The Kier molecular flexibility index (Phi) is 2.69. The molecule has 1 unspecified atom stereocenters. The van der Waals surface area contributed by atoms with Crippen molar-refractivity contribution >= 4 is 5.78 Å². The van der Waals surface area contributed by atoms with Gasteiger partial charge in [0.15, 0.2) is 11.8 Å². The number of carbonyl (C=O) groups is 1. The van der Waals surface area contributed by atoms with Crippen LogP contribution in [0.5, 0.6) is 0 Å². The van der Waals surface area contributed by atoms with E-state index in [1.54, 1.807) is 24.3 Å². The maximum absolute atomic E-state index is 10.9. The van der Waals surface area contributed by atoms with Gasteiger partial charge in [0.05, 0.1) is 0 Å². The first-order valence-corrected chi connectivity index (χ1v) is 3.63. The summed E-state index contributed by atoms with van der Waals surface area (Å²) in [4.78, 5) is 21.2. The fraction of sp³-hybridized carbons (Fsp3) is 0.222. The van der Waals surface area contributed by atoms with Gasteiger partial charge in [0, 0.05) is 0 Å². The molecule has 3 nitrogen and oxygen atoms in total. The Morgan fingerprint density at radius 2 is 1.92 bits per heavy atom. The minimum atomic E-state index is -0.841. The van der Waals surface area contributed by atoms with E-state index in [-0.39, 0.29) is 5.78 Å². The molecule has 62 valence electrons. The Hall–Kier alpha value is -1.51. The molecule has 12 heavy (non-hydrogen) atoms. The Labute approximate surface area is 70.4 Å². The average molecular weight is 163 g/mol. The summed E-state index contributed by atoms with van der Waals surface area (Å²) in [6.45, 7) is 1.36. The van der Waals surface area contributed by atoms with Gasteiger partial charge in [-0.25, -0.2) is 0 Å². The standard InChI is InChI=1S/C9H9NO2/c1-7(11)9(10-12)8-5-3-2-4-6-8/h2-6,9H,1H3. The predicted octanol–water partition coefficient (Wildman–Crippen LogP) is 2.08. The zero-order valence-electron chi connectivity index (χ0n) is 6.73. The number of nitroso groups, excluding NO2 is 1. The molecular weight excluding hydrogens is 154 g/mol. The number of nitrogens with zero attached hydrogens (tertiary/aromatic N) is 1. The lowest BCUT2D eigenvalue weighted by atomic mass is 10.1. The maximum Gasteiger partial charge on any atom is 0.175 e. The molecule has 1 aromatic rings. The highest BCUT2D eigenvalue weighted by Gasteiger charge is 2.15. The minimum Gasteiger partial charge on any atom is -0.297 e. The number of rotatable bonds is 3. The zero-order valence-corrected chi connectivity index (χ0v) is 6.73. The molecule has 0 aromatic heterocycles. The van der Waals surface area contributed by atoms with Crippen LogP contribution >= 0.6 is 0 Å². The molecule has 0 aliphatic rings. The largest absolute Gasteiger partial charge is 0.297 e. The Morgan fingerprint density at radius 3 is 2.33 bits per heavy atom. The normalized spacial score (nSPS) is 12.1. The van der Waals surface area contributed by atoms with Gasteiger partial charge >= 0.3 is 0 Å². The van der Waals surface area contributed by atoms with E-state index in [0.717, 1.165) is 0 Å². The first-order chi connectivity index (χ1) is 5.75. The second-order valence-electron chi connectivity index (χ2n) is 2.53. The van der Waals surface area contributed by atoms with Crippen molar-refractivity contribution < 1.29 is 4.79 Å². The number of carbonyl (C=O) groups excluding carboxylic acids is 1. The second-order valence-corrected chi connectivity index (χ2v) is 2.53. The van der Waals surface area contributed by atoms with Crippen LogP contribution in [0.25, 0.3) is 0 Å². The molecular formula is C9H9NO2. The van der Waals surface area contributed by atoms with Crippen molar-refractivity contribution in [1.82, 2.24) is 0 Å². The van der Waals surface area contributed by atoms with Crippen molar-refractivity contribution in [3.63, 3.8) is 0 Å². The van der Waals surface area contributed by atoms with E-state index in [1.165, 1.54) is 6.92 Å². The van der Waals surface area contributed by atoms with Crippen LogP contribution in [0.15, 0.2) is 35.5 Å². The van der Waals surface area contributed by atoms with Crippen molar-refractivity contribution in [2.24, 2.45) is 5.18 Å². The molecule has 3 heteroatoms. The fourth-order valence-electron chi connectivity index (χ4n) is 1.01. The molecule has 0 fully saturated rings. The van der Waals surface area contributed by atoms with Crippen LogP contribution in [-0.4, -0.2) is 5.78 Å². The summed E-state index contributed by atoms with van der Waals surface area (Å²) in [5.41, 5.74) is 0.653. The van der Waals surface area contributed by atoms with Gasteiger partial charge in [0.1, 0.15) is 0 Å². The maximum atomic E-state index is 10.9. The second kappa shape index (κ2) is 3.76. The lowest BCUT2D eigenvalue weighted by Gasteiger charge is -2.03. The molecule has 0 spiro atoms. The summed E-state index contributed by atoms with van der Waals surface area (Å²) in [6, 6.07) is 7.96. The van der Waals surface area contributed by atoms with E-state index < -0.39 is 6.04 Å². The molecule has 0 saturated carbocycles. The lowest BCUT2D eigenvalue weighted by molar-refractivity contribution is -0.118. The molecule has 0 N–H and O–H groups in total. The van der Waals surface area contributed by atoms with Crippen molar-refractivity contribution in [1.29, 1.82) is 0 Å². The van der Waals surface area contributed by atoms with Gasteiger partial charge in [0.2, 0.25) is 0 Å². The number of Topliss-reactive ketones (excluding diaryl/α,β-unsaturated/α-hetero) is 1. The molecule has 0 radical (unpaired) electrons. The molecule has 1 atom stereocenters. The van der Waals surface area contributed by atoms with Gasteiger partial charge < -0.3 is 0 Å². The Bertz CT molecular complexity index is 282. The Morgan fingerprint density at radius 1 is 1.33 bits per heavy atom. The number of hydrogen-bond donors (Lipinski definition) is 0. The molecule has 0 amide bonds. The smallest absolute Gasteiger partial charge is 0.175 e. The van der Waals surface area contributed by atoms with Gasteiger partial charge in [-0.1, -0.05) is 35.5 Å². The van der Waals surface area contributed by atoms with Crippen molar-refractivity contribution in [2.45, 2.75) is 13.0 Å². The van der Waals surface area contributed by atoms with Gasteiger partial charge in [0.25, 0.3) is 0 Å². The highest BCUT2D eigenvalue weighted by molar-refractivity contribution is 5.82.